The van der Waals surface area contributed by atoms with Crippen LogP contribution in [0.1, 0.15) is 54.2 Å². The molecule has 24 heavy (non-hydrogen) atoms. The van der Waals surface area contributed by atoms with Crippen molar-refractivity contribution in [3.05, 3.63) is 53.0 Å². The van der Waals surface area contributed by atoms with Gasteiger partial charge >= 0.3 is 0 Å². The second kappa shape index (κ2) is 5.58. The summed E-state index contributed by atoms with van der Waals surface area (Å²) in [5.74, 6) is 1.59. The lowest BCUT2D eigenvalue weighted by Crippen LogP contribution is -2.12. The first kappa shape index (κ1) is 14.0. The van der Waals surface area contributed by atoms with Crippen LogP contribution < -0.4 is 0 Å². The average molecular weight is 320 g/mol. The zero-order valence-corrected chi connectivity index (χ0v) is 13.6. The Balaban J connectivity index is 1.49. The largest absolute Gasteiger partial charge is 0.332 e. The molecule has 5 rings (SSSR count). The highest BCUT2D eigenvalue weighted by molar-refractivity contribution is 5.48. The Morgan fingerprint density at radius 2 is 2.04 bits per heavy atom. The highest BCUT2D eigenvalue weighted by atomic mass is 16.5. The quantitative estimate of drug-likeness (QED) is 0.722. The first-order chi connectivity index (χ1) is 11.9. The van der Waals surface area contributed by atoms with Crippen LogP contribution in [0.3, 0.4) is 0 Å². The molecule has 0 fully saturated rings. The molecule has 0 bridgehead atoms. The van der Waals surface area contributed by atoms with Gasteiger partial charge in [-0.1, -0.05) is 29.4 Å². The predicted molar refractivity (Wildman–Crippen MR) is 89.7 cm³/mol. The van der Waals surface area contributed by atoms with Crippen molar-refractivity contribution in [2.45, 2.75) is 51.0 Å². The monoisotopic (exact) mass is 320 g/mol. The van der Waals surface area contributed by atoms with Gasteiger partial charge in [-0.25, -0.2) is 0 Å². The minimum absolute atomic E-state index is 0.240. The maximum absolute atomic E-state index is 5.56. The molecule has 5 heteroatoms. The number of fused-ring (bicyclic) bond motifs is 2. The van der Waals surface area contributed by atoms with Crippen LogP contribution >= 0.6 is 0 Å². The summed E-state index contributed by atoms with van der Waals surface area (Å²) in [6.45, 7) is 0.992. The van der Waals surface area contributed by atoms with Crippen molar-refractivity contribution in [1.82, 2.24) is 19.9 Å². The molecule has 2 aromatic heterocycles. The third-order valence-corrected chi connectivity index (χ3v) is 5.26. The SMILES string of the molecule is c1ccc2c(c1)CCCC2c1noc(-c2cc3n(n2)CCCC3)n1. The number of rotatable bonds is 2. The van der Waals surface area contributed by atoms with Gasteiger partial charge in [-0.05, 0) is 55.7 Å². The Bertz CT molecular complexity index is 856. The molecule has 1 aliphatic carbocycles. The summed E-state index contributed by atoms with van der Waals surface area (Å²) in [4.78, 5) is 4.69. The van der Waals surface area contributed by atoms with Crippen LogP contribution in [0, 0.1) is 0 Å². The van der Waals surface area contributed by atoms with E-state index in [0.29, 0.717) is 5.89 Å². The summed E-state index contributed by atoms with van der Waals surface area (Å²) >= 11 is 0. The van der Waals surface area contributed by atoms with Gasteiger partial charge in [0.15, 0.2) is 11.5 Å². The Morgan fingerprint density at radius 1 is 1.08 bits per heavy atom. The van der Waals surface area contributed by atoms with Crippen molar-refractivity contribution in [3.63, 3.8) is 0 Å². The lowest BCUT2D eigenvalue weighted by atomic mass is 9.82. The molecule has 0 amide bonds. The van der Waals surface area contributed by atoms with Gasteiger partial charge in [-0.2, -0.15) is 10.1 Å². The fraction of sp³-hybridized carbons (Fsp3) is 0.421. The summed E-state index contributed by atoms with van der Waals surface area (Å²) in [6, 6.07) is 10.7. The standard InChI is InChI=1S/C19H20N4O/c1-2-9-15-13(6-1)7-5-10-16(15)18-20-19(24-22-18)17-12-14-8-3-4-11-23(14)21-17/h1-2,6,9,12,16H,3-5,7-8,10-11H2. The van der Waals surface area contributed by atoms with Gasteiger partial charge in [0.05, 0.1) is 0 Å². The molecule has 1 aromatic carbocycles. The van der Waals surface area contributed by atoms with Crippen LogP contribution in [0.5, 0.6) is 0 Å². The smallest absolute Gasteiger partial charge is 0.278 e. The predicted octanol–water partition coefficient (Wildman–Crippen LogP) is 3.74. The van der Waals surface area contributed by atoms with Crippen LogP contribution in [0.2, 0.25) is 0 Å². The van der Waals surface area contributed by atoms with Crippen molar-refractivity contribution in [3.8, 4) is 11.6 Å². The summed E-state index contributed by atoms with van der Waals surface area (Å²) in [6.07, 6.45) is 6.91. The van der Waals surface area contributed by atoms with E-state index in [-0.39, 0.29) is 5.92 Å². The molecule has 1 atom stereocenters. The van der Waals surface area contributed by atoms with E-state index in [2.05, 4.69) is 45.3 Å². The van der Waals surface area contributed by atoms with E-state index < -0.39 is 0 Å². The molecule has 1 aliphatic heterocycles. The maximum Gasteiger partial charge on any atom is 0.278 e. The van der Waals surface area contributed by atoms with Gasteiger partial charge in [0.2, 0.25) is 0 Å². The van der Waals surface area contributed by atoms with E-state index in [9.17, 15) is 0 Å². The van der Waals surface area contributed by atoms with E-state index in [1.54, 1.807) is 0 Å². The van der Waals surface area contributed by atoms with E-state index in [4.69, 9.17) is 9.51 Å². The number of benzene rings is 1. The average Bonchev–Trinajstić information content (AvgIpc) is 3.28. The van der Waals surface area contributed by atoms with Crippen LogP contribution in [0.15, 0.2) is 34.9 Å². The van der Waals surface area contributed by atoms with E-state index in [0.717, 1.165) is 37.3 Å². The molecule has 3 heterocycles. The molecule has 2 aliphatic rings. The Morgan fingerprint density at radius 3 is 3.00 bits per heavy atom. The second-order valence-corrected chi connectivity index (χ2v) is 6.80. The van der Waals surface area contributed by atoms with Gasteiger partial charge in [0.1, 0.15) is 0 Å². The number of hydrogen-bond acceptors (Lipinski definition) is 4. The first-order valence-corrected chi connectivity index (χ1v) is 8.87. The number of hydrogen-bond donors (Lipinski definition) is 0. The van der Waals surface area contributed by atoms with Crippen molar-refractivity contribution < 1.29 is 4.52 Å². The number of nitrogens with zero attached hydrogens (tertiary/aromatic N) is 4. The molecule has 3 aromatic rings. The van der Waals surface area contributed by atoms with Crippen molar-refractivity contribution >= 4 is 0 Å². The first-order valence-electron chi connectivity index (χ1n) is 8.87. The van der Waals surface area contributed by atoms with Crippen molar-refractivity contribution in [1.29, 1.82) is 0 Å². The second-order valence-electron chi connectivity index (χ2n) is 6.80. The van der Waals surface area contributed by atoms with Gasteiger partial charge in [-0.3, -0.25) is 4.68 Å². The van der Waals surface area contributed by atoms with Gasteiger partial charge in [-0.15, -0.1) is 0 Å². The Hall–Kier alpha value is -2.43. The highest BCUT2D eigenvalue weighted by Crippen LogP contribution is 2.35. The molecule has 122 valence electrons. The zero-order valence-electron chi connectivity index (χ0n) is 13.6. The fourth-order valence-corrected chi connectivity index (χ4v) is 4.03. The van der Waals surface area contributed by atoms with Crippen LogP contribution in [-0.4, -0.2) is 19.9 Å². The van der Waals surface area contributed by atoms with Crippen LogP contribution in [-0.2, 0) is 19.4 Å². The Labute approximate surface area is 140 Å². The molecule has 5 nitrogen and oxygen atoms in total. The summed E-state index contributed by atoms with van der Waals surface area (Å²) in [7, 11) is 0. The van der Waals surface area contributed by atoms with Crippen LogP contribution in [0.4, 0.5) is 0 Å². The minimum atomic E-state index is 0.240. The van der Waals surface area contributed by atoms with Gasteiger partial charge < -0.3 is 4.52 Å². The molecular weight excluding hydrogens is 300 g/mol. The molecule has 0 saturated heterocycles. The van der Waals surface area contributed by atoms with Crippen molar-refractivity contribution in [2.24, 2.45) is 0 Å². The highest BCUT2D eigenvalue weighted by Gasteiger charge is 2.26. The summed E-state index contributed by atoms with van der Waals surface area (Å²) in [5.41, 5.74) is 4.85. The molecule has 0 radical (unpaired) electrons. The third kappa shape index (κ3) is 2.27. The molecular formula is C19H20N4O. The van der Waals surface area contributed by atoms with Gasteiger partial charge in [0, 0.05) is 18.2 Å². The topological polar surface area (TPSA) is 56.7 Å². The maximum atomic E-state index is 5.56. The molecule has 1 unspecified atom stereocenters. The van der Waals surface area contributed by atoms with E-state index >= 15 is 0 Å². The summed E-state index contributed by atoms with van der Waals surface area (Å²) < 4.78 is 7.64. The van der Waals surface area contributed by atoms with E-state index in [1.165, 1.54) is 36.1 Å². The third-order valence-electron chi connectivity index (χ3n) is 5.26. The summed E-state index contributed by atoms with van der Waals surface area (Å²) in [5, 5.41) is 8.93. The normalized spacial score (nSPS) is 19.8. The minimum Gasteiger partial charge on any atom is -0.332 e. The zero-order chi connectivity index (χ0) is 15.9. The molecule has 0 spiro atoms. The fourth-order valence-electron chi connectivity index (χ4n) is 4.03. The lowest BCUT2D eigenvalue weighted by Gasteiger charge is -2.22. The van der Waals surface area contributed by atoms with Crippen molar-refractivity contribution in [2.75, 3.05) is 0 Å². The number of aromatic nitrogens is 4. The molecule has 0 N–H and O–H groups in total. The molecule has 0 saturated carbocycles. The lowest BCUT2D eigenvalue weighted by molar-refractivity contribution is 0.412. The van der Waals surface area contributed by atoms with Gasteiger partial charge in [0.25, 0.3) is 5.89 Å². The van der Waals surface area contributed by atoms with E-state index in [1.807, 2.05) is 0 Å². The van der Waals surface area contributed by atoms with Crippen LogP contribution in [0.25, 0.3) is 11.6 Å². The number of aryl methyl sites for hydroxylation is 3. The Kier molecular flexibility index (Phi) is 3.25.